The van der Waals surface area contributed by atoms with Gasteiger partial charge in [0.1, 0.15) is 17.5 Å². The number of hydrogen-bond donors (Lipinski definition) is 2. The number of hydrogen-bond acceptors (Lipinski definition) is 5. The molecule has 2 heterocycles. The predicted octanol–water partition coefficient (Wildman–Crippen LogP) is 2.15. The molecule has 0 saturated carbocycles. The van der Waals surface area contributed by atoms with Crippen LogP contribution in [0.1, 0.15) is 27.2 Å². The lowest BCUT2D eigenvalue weighted by atomic mass is 10.2. The van der Waals surface area contributed by atoms with Gasteiger partial charge in [-0.2, -0.15) is 0 Å². The summed E-state index contributed by atoms with van der Waals surface area (Å²) >= 11 is 0. The van der Waals surface area contributed by atoms with Gasteiger partial charge in [-0.3, -0.25) is 10.2 Å². The molecule has 1 aliphatic heterocycles. The third-order valence-electron chi connectivity index (χ3n) is 3.98. The van der Waals surface area contributed by atoms with Crippen molar-refractivity contribution >= 4 is 17.7 Å². The third kappa shape index (κ3) is 4.43. The van der Waals surface area contributed by atoms with Crippen LogP contribution in [0.15, 0.2) is 36.9 Å². The number of halogens is 1. The van der Waals surface area contributed by atoms with Crippen LogP contribution in [0, 0.1) is 5.82 Å². The Bertz CT molecular complexity index is 832. The van der Waals surface area contributed by atoms with Crippen molar-refractivity contribution in [1.82, 2.24) is 20.4 Å². The molecule has 1 atom stereocenters. The monoisotopic (exact) mass is 375 g/mol. The number of anilines is 1. The molecule has 1 aliphatic rings. The highest BCUT2D eigenvalue weighted by atomic mass is 19.1. The molecule has 2 aromatic rings. The van der Waals surface area contributed by atoms with E-state index in [1.54, 1.807) is 56.2 Å². The van der Waals surface area contributed by atoms with E-state index in [-0.39, 0.29) is 11.6 Å². The fraction of sp³-hybridized carbons (Fsp3) is 0.389. The van der Waals surface area contributed by atoms with Crippen LogP contribution in [0.4, 0.5) is 14.9 Å². The molecule has 2 amide bonds. The first kappa shape index (κ1) is 18.8. The van der Waals surface area contributed by atoms with Gasteiger partial charge in [-0.1, -0.05) is 0 Å². The zero-order chi connectivity index (χ0) is 19.6. The van der Waals surface area contributed by atoms with Crippen LogP contribution >= 0.6 is 0 Å². The van der Waals surface area contributed by atoms with Crippen LogP contribution < -0.4 is 15.8 Å². The quantitative estimate of drug-likeness (QED) is 0.800. The van der Waals surface area contributed by atoms with Crippen LogP contribution in [0.2, 0.25) is 0 Å². The van der Waals surface area contributed by atoms with Gasteiger partial charge < -0.3 is 14.2 Å². The summed E-state index contributed by atoms with van der Waals surface area (Å²) in [5.74, 6) is -0.823. The largest absolute Gasteiger partial charge is 0.443 e. The van der Waals surface area contributed by atoms with Crippen molar-refractivity contribution in [1.29, 1.82) is 0 Å². The highest BCUT2D eigenvalue weighted by Gasteiger charge is 2.34. The topological polar surface area (TPSA) is 88.5 Å². The molecule has 0 unspecified atom stereocenters. The molecule has 9 heteroatoms. The number of aromatic nitrogens is 2. The lowest BCUT2D eigenvalue weighted by Gasteiger charge is -2.21. The molecule has 8 nitrogen and oxygen atoms in total. The van der Waals surface area contributed by atoms with Crippen LogP contribution in [0.25, 0.3) is 5.69 Å². The minimum Gasteiger partial charge on any atom is -0.443 e. The maximum Gasteiger partial charge on any atom is 0.422 e. The van der Waals surface area contributed by atoms with E-state index in [0.29, 0.717) is 18.7 Å². The minimum absolute atomic E-state index is 0.199. The average Bonchev–Trinajstić information content (AvgIpc) is 3.22. The Morgan fingerprint density at radius 2 is 2.15 bits per heavy atom. The van der Waals surface area contributed by atoms with E-state index in [1.807, 2.05) is 0 Å². The molecule has 1 aromatic carbocycles. The van der Waals surface area contributed by atoms with E-state index in [2.05, 4.69) is 15.8 Å². The number of amides is 2. The highest BCUT2D eigenvalue weighted by Crippen LogP contribution is 2.26. The molecule has 0 spiro atoms. The summed E-state index contributed by atoms with van der Waals surface area (Å²) in [5, 5.41) is 0. The number of rotatable bonds is 4. The number of hydrazine groups is 1. The van der Waals surface area contributed by atoms with E-state index in [4.69, 9.17) is 4.74 Å². The van der Waals surface area contributed by atoms with Gasteiger partial charge in [0, 0.05) is 30.7 Å². The molecular weight excluding hydrogens is 353 g/mol. The van der Waals surface area contributed by atoms with Crippen molar-refractivity contribution < 1.29 is 18.7 Å². The fourth-order valence-corrected chi connectivity index (χ4v) is 2.79. The summed E-state index contributed by atoms with van der Waals surface area (Å²) in [4.78, 5) is 29.5. The van der Waals surface area contributed by atoms with Gasteiger partial charge in [0.15, 0.2) is 0 Å². The number of imidazole rings is 1. The molecule has 27 heavy (non-hydrogen) atoms. The lowest BCUT2D eigenvalue weighted by Crippen LogP contribution is -2.49. The molecule has 1 fully saturated rings. The first-order valence-corrected chi connectivity index (χ1v) is 8.58. The number of nitrogens with one attached hydrogen (secondary N) is 2. The molecule has 1 saturated heterocycles. The van der Waals surface area contributed by atoms with Crippen LogP contribution in [0.5, 0.6) is 0 Å². The van der Waals surface area contributed by atoms with Crippen molar-refractivity contribution in [2.24, 2.45) is 0 Å². The second-order valence-electron chi connectivity index (χ2n) is 7.21. The number of benzene rings is 1. The Kier molecular flexibility index (Phi) is 5.13. The van der Waals surface area contributed by atoms with Crippen molar-refractivity contribution in [3.63, 3.8) is 0 Å². The molecule has 3 rings (SSSR count). The van der Waals surface area contributed by atoms with Gasteiger partial charge in [-0.25, -0.2) is 19.6 Å². The van der Waals surface area contributed by atoms with E-state index >= 15 is 0 Å². The number of carbonyl (C=O) groups excluding carboxylic acids is 2. The average molecular weight is 375 g/mol. The zero-order valence-corrected chi connectivity index (χ0v) is 15.4. The summed E-state index contributed by atoms with van der Waals surface area (Å²) < 4.78 is 21.3. The van der Waals surface area contributed by atoms with Crippen LogP contribution in [0.3, 0.4) is 0 Å². The maximum atomic E-state index is 14.6. The number of carbonyl (C=O) groups is 2. The van der Waals surface area contributed by atoms with Crippen molar-refractivity contribution in [3.8, 4) is 5.69 Å². The Morgan fingerprint density at radius 1 is 1.37 bits per heavy atom. The summed E-state index contributed by atoms with van der Waals surface area (Å²) in [5.41, 5.74) is 5.19. The SMILES string of the molecule is CC(C)(C)OC(=O)NN[C@H]1CCN(c2ccc(-n3ccnc3)cc2F)C1=O. The Balaban J connectivity index is 1.64. The standard InChI is InChI=1S/C18H22FN5O3/c1-18(2,3)27-17(26)22-21-14-6-8-24(16(14)25)15-5-4-12(10-13(15)19)23-9-7-20-11-23/h4-5,7,9-11,14,21H,6,8H2,1-3H3,(H,22,26)/t14-/m0/s1. The zero-order valence-electron chi connectivity index (χ0n) is 15.4. The van der Waals surface area contributed by atoms with E-state index in [0.717, 1.165) is 0 Å². The highest BCUT2D eigenvalue weighted by molar-refractivity contribution is 5.99. The fourth-order valence-electron chi connectivity index (χ4n) is 2.79. The summed E-state index contributed by atoms with van der Waals surface area (Å²) in [7, 11) is 0. The van der Waals surface area contributed by atoms with Gasteiger partial charge in [0.05, 0.1) is 12.0 Å². The smallest absolute Gasteiger partial charge is 0.422 e. The molecule has 1 aromatic heterocycles. The van der Waals surface area contributed by atoms with Gasteiger partial charge in [-0.05, 0) is 39.3 Å². The normalized spacial score (nSPS) is 17.3. The van der Waals surface area contributed by atoms with Crippen LogP contribution in [-0.2, 0) is 9.53 Å². The molecule has 0 radical (unpaired) electrons. The summed E-state index contributed by atoms with van der Waals surface area (Å²) in [6.07, 6.45) is 4.63. The summed E-state index contributed by atoms with van der Waals surface area (Å²) in [6.45, 7) is 5.57. The number of nitrogens with zero attached hydrogens (tertiary/aromatic N) is 3. The first-order valence-electron chi connectivity index (χ1n) is 8.58. The van der Waals surface area contributed by atoms with E-state index < -0.39 is 23.6 Å². The molecule has 2 N–H and O–H groups in total. The second-order valence-corrected chi connectivity index (χ2v) is 7.21. The predicted molar refractivity (Wildman–Crippen MR) is 96.8 cm³/mol. The van der Waals surface area contributed by atoms with E-state index in [9.17, 15) is 14.0 Å². The second kappa shape index (κ2) is 7.36. The van der Waals surface area contributed by atoms with Gasteiger partial charge in [0.2, 0.25) is 5.91 Å². The lowest BCUT2D eigenvalue weighted by molar-refractivity contribution is -0.119. The van der Waals surface area contributed by atoms with E-state index in [1.165, 1.54) is 11.0 Å². The molecule has 0 bridgehead atoms. The summed E-state index contributed by atoms with van der Waals surface area (Å²) in [6, 6.07) is 3.98. The van der Waals surface area contributed by atoms with Crippen molar-refractivity contribution in [2.45, 2.75) is 38.8 Å². The maximum absolute atomic E-state index is 14.6. The molecular formula is C18H22FN5O3. The van der Waals surface area contributed by atoms with Gasteiger partial charge in [0.25, 0.3) is 0 Å². The van der Waals surface area contributed by atoms with Crippen LogP contribution in [-0.4, -0.2) is 39.7 Å². The minimum atomic E-state index is -0.676. The Labute approximate surface area is 156 Å². The Hall–Kier alpha value is -2.94. The Morgan fingerprint density at radius 3 is 2.78 bits per heavy atom. The van der Waals surface area contributed by atoms with Crippen molar-refractivity contribution in [2.75, 3.05) is 11.4 Å². The number of ether oxygens (including phenoxy) is 1. The first-order chi connectivity index (χ1) is 12.7. The molecule has 0 aliphatic carbocycles. The van der Waals surface area contributed by atoms with Crippen molar-refractivity contribution in [3.05, 3.63) is 42.7 Å². The van der Waals surface area contributed by atoms with Gasteiger partial charge in [-0.15, -0.1) is 0 Å². The van der Waals surface area contributed by atoms with Gasteiger partial charge >= 0.3 is 6.09 Å². The third-order valence-corrected chi connectivity index (χ3v) is 3.98. The molecule has 144 valence electrons.